The predicted octanol–water partition coefficient (Wildman–Crippen LogP) is 3.94. The van der Waals surface area contributed by atoms with Crippen LogP contribution in [0.15, 0.2) is 54.7 Å². The average molecular weight is 281 g/mol. The summed E-state index contributed by atoms with van der Waals surface area (Å²) in [6, 6.07) is 14.2. The van der Waals surface area contributed by atoms with Crippen molar-refractivity contribution in [3.63, 3.8) is 0 Å². The maximum atomic E-state index is 13.8. The van der Waals surface area contributed by atoms with Crippen molar-refractivity contribution < 1.29 is 9.50 Å². The van der Waals surface area contributed by atoms with E-state index < -0.39 is 5.60 Å². The summed E-state index contributed by atoms with van der Waals surface area (Å²) in [5.74, 6) is -0.310. The third-order valence-electron chi connectivity index (χ3n) is 3.90. The molecule has 0 bridgehead atoms. The SMILES string of the molecule is Cc1ccc(C(C)(O)c2ccc3ncccc3c2)cc1F. The molecule has 1 atom stereocenters. The highest BCUT2D eigenvalue weighted by Crippen LogP contribution is 2.31. The molecule has 0 aliphatic carbocycles. The van der Waals surface area contributed by atoms with E-state index in [1.165, 1.54) is 6.07 Å². The molecule has 0 saturated carbocycles. The molecule has 3 heteroatoms. The lowest BCUT2D eigenvalue weighted by Crippen LogP contribution is -2.23. The lowest BCUT2D eigenvalue weighted by atomic mass is 9.87. The number of aliphatic hydroxyl groups is 1. The Labute approximate surface area is 122 Å². The fourth-order valence-electron chi connectivity index (χ4n) is 2.44. The van der Waals surface area contributed by atoms with Crippen molar-refractivity contribution in [3.05, 3.63) is 77.2 Å². The molecule has 0 amide bonds. The Morgan fingerprint density at radius 3 is 2.52 bits per heavy atom. The summed E-state index contributed by atoms with van der Waals surface area (Å²) in [6.07, 6.45) is 1.73. The van der Waals surface area contributed by atoms with Crippen LogP contribution >= 0.6 is 0 Å². The van der Waals surface area contributed by atoms with Gasteiger partial charge in [0.1, 0.15) is 11.4 Å². The maximum absolute atomic E-state index is 13.8. The molecule has 106 valence electrons. The van der Waals surface area contributed by atoms with E-state index >= 15 is 0 Å². The summed E-state index contributed by atoms with van der Waals surface area (Å²) < 4.78 is 13.8. The first-order valence-corrected chi connectivity index (χ1v) is 6.83. The summed E-state index contributed by atoms with van der Waals surface area (Å²) >= 11 is 0. The Hall–Kier alpha value is -2.26. The molecule has 2 aromatic carbocycles. The van der Waals surface area contributed by atoms with Crippen LogP contribution in [0.4, 0.5) is 4.39 Å². The Balaban J connectivity index is 2.12. The minimum atomic E-state index is -1.25. The van der Waals surface area contributed by atoms with Gasteiger partial charge in [0.15, 0.2) is 0 Å². The molecule has 3 rings (SSSR count). The van der Waals surface area contributed by atoms with Crippen LogP contribution in [-0.2, 0) is 5.60 Å². The monoisotopic (exact) mass is 281 g/mol. The van der Waals surface area contributed by atoms with E-state index in [4.69, 9.17) is 0 Å². The second-order valence-electron chi connectivity index (χ2n) is 5.45. The summed E-state index contributed by atoms with van der Waals surface area (Å²) in [5, 5.41) is 11.8. The minimum Gasteiger partial charge on any atom is -0.381 e. The smallest absolute Gasteiger partial charge is 0.126 e. The molecule has 1 unspecified atom stereocenters. The molecule has 2 nitrogen and oxygen atoms in total. The predicted molar refractivity (Wildman–Crippen MR) is 81.6 cm³/mol. The van der Waals surface area contributed by atoms with Crippen LogP contribution in [0.2, 0.25) is 0 Å². The highest BCUT2D eigenvalue weighted by atomic mass is 19.1. The summed E-state index contributed by atoms with van der Waals surface area (Å²) in [4.78, 5) is 4.26. The first kappa shape index (κ1) is 13.7. The van der Waals surface area contributed by atoms with Crippen molar-refractivity contribution in [3.8, 4) is 0 Å². The number of benzene rings is 2. The van der Waals surface area contributed by atoms with E-state index in [0.29, 0.717) is 16.7 Å². The van der Waals surface area contributed by atoms with Gasteiger partial charge in [-0.15, -0.1) is 0 Å². The van der Waals surface area contributed by atoms with Gasteiger partial charge in [-0.1, -0.05) is 24.3 Å². The third kappa shape index (κ3) is 2.41. The second kappa shape index (κ2) is 4.93. The molecule has 1 heterocycles. The molecule has 3 aromatic rings. The van der Waals surface area contributed by atoms with E-state index in [1.54, 1.807) is 32.2 Å². The highest BCUT2D eigenvalue weighted by Gasteiger charge is 2.26. The third-order valence-corrected chi connectivity index (χ3v) is 3.90. The molecular formula is C18H16FNO. The molecule has 0 saturated heterocycles. The summed E-state index contributed by atoms with van der Waals surface area (Å²) in [6.45, 7) is 3.38. The Morgan fingerprint density at radius 1 is 1.05 bits per heavy atom. The molecule has 1 N–H and O–H groups in total. The van der Waals surface area contributed by atoms with Crippen LogP contribution in [0.5, 0.6) is 0 Å². The topological polar surface area (TPSA) is 33.1 Å². The molecule has 0 aliphatic rings. The number of fused-ring (bicyclic) bond motifs is 1. The van der Waals surface area contributed by atoms with E-state index in [2.05, 4.69) is 4.98 Å². The average Bonchev–Trinajstić information content (AvgIpc) is 2.49. The van der Waals surface area contributed by atoms with Crippen molar-refractivity contribution in [2.24, 2.45) is 0 Å². The Bertz CT molecular complexity index is 811. The van der Waals surface area contributed by atoms with E-state index in [-0.39, 0.29) is 5.82 Å². The van der Waals surface area contributed by atoms with Crippen LogP contribution in [0, 0.1) is 12.7 Å². The van der Waals surface area contributed by atoms with Gasteiger partial charge in [-0.25, -0.2) is 4.39 Å². The maximum Gasteiger partial charge on any atom is 0.126 e. The first-order valence-electron chi connectivity index (χ1n) is 6.83. The number of nitrogens with zero attached hydrogens (tertiary/aromatic N) is 1. The van der Waals surface area contributed by atoms with Gasteiger partial charge in [-0.2, -0.15) is 0 Å². The normalized spacial score (nSPS) is 14.1. The van der Waals surface area contributed by atoms with Crippen LogP contribution in [-0.4, -0.2) is 10.1 Å². The van der Waals surface area contributed by atoms with Gasteiger partial charge >= 0.3 is 0 Å². The van der Waals surface area contributed by atoms with Crippen molar-refractivity contribution in [1.29, 1.82) is 0 Å². The first-order chi connectivity index (χ1) is 9.98. The van der Waals surface area contributed by atoms with Gasteiger partial charge in [0.05, 0.1) is 5.52 Å². The zero-order chi connectivity index (χ0) is 15.0. The number of rotatable bonds is 2. The number of pyridine rings is 1. The highest BCUT2D eigenvalue weighted by molar-refractivity contribution is 5.79. The summed E-state index contributed by atoms with van der Waals surface area (Å²) in [7, 11) is 0. The fraction of sp³-hybridized carbons (Fsp3) is 0.167. The van der Waals surface area contributed by atoms with Crippen LogP contribution in [0.1, 0.15) is 23.6 Å². The molecular weight excluding hydrogens is 265 g/mol. The number of aryl methyl sites for hydroxylation is 1. The van der Waals surface area contributed by atoms with Gasteiger partial charge in [0, 0.05) is 11.6 Å². The van der Waals surface area contributed by atoms with E-state index in [0.717, 1.165) is 10.9 Å². The number of hydrogen-bond donors (Lipinski definition) is 1. The largest absolute Gasteiger partial charge is 0.381 e. The zero-order valence-corrected chi connectivity index (χ0v) is 12.0. The standard InChI is InChI=1S/C18H16FNO/c1-12-5-6-15(11-16(12)19)18(2,21)14-7-8-17-13(10-14)4-3-9-20-17/h3-11,21H,1-2H3. The van der Waals surface area contributed by atoms with Crippen LogP contribution in [0.25, 0.3) is 10.9 Å². The lowest BCUT2D eigenvalue weighted by Gasteiger charge is -2.25. The number of aromatic nitrogens is 1. The van der Waals surface area contributed by atoms with Crippen molar-refractivity contribution in [2.75, 3.05) is 0 Å². The molecule has 0 radical (unpaired) electrons. The van der Waals surface area contributed by atoms with E-state index in [1.807, 2.05) is 30.3 Å². The lowest BCUT2D eigenvalue weighted by molar-refractivity contribution is 0.102. The zero-order valence-electron chi connectivity index (χ0n) is 12.0. The molecule has 1 aromatic heterocycles. The Morgan fingerprint density at radius 2 is 1.76 bits per heavy atom. The fourth-order valence-corrected chi connectivity index (χ4v) is 2.44. The van der Waals surface area contributed by atoms with Gasteiger partial charge in [-0.05, 0) is 54.8 Å². The molecule has 0 fully saturated rings. The molecule has 0 aliphatic heterocycles. The molecule has 21 heavy (non-hydrogen) atoms. The Kier molecular flexibility index (Phi) is 3.22. The van der Waals surface area contributed by atoms with Crippen LogP contribution < -0.4 is 0 Å². The second-order valence-corrected chi connectivity index (χ2v) is 5.45. The van der Waals surface area contributed by atoms with Gasteiger partial charge < -0.3 is 5.11 Å². The van der Waals surface area contributed by atoms with Crippen molar-refractivity contribution >= 4 is 10.9 Å². The number of halogens is 1. The summed E-state index contributed by atoms with van der Waals surface area (Å²) in [5.41, 5.74) is 1.43. The van der Waals surface area contributed by atoms with Crippen molar-refractivity contribution in [1.82, 2.24) is 4.98 Å². The van der Waals surface area contributed by atoms with Crippen LogP contribution in [0.3, 0.4) is 0 Å². The van der Waals surface area contributed by atoms with Gasteiger partial charge in [-0.3, -0.25) is 4.98 Å². The minimum absolute atomic E-state index is 0.310. The molecule has 0 spiro atoms. The van der Waals surface area contributed by atoms with Gasteiger partial charge in [0.25, 0.3) is 0 Å². The van der Waals surface area contributed by atoms with Gasteiger partial charge in [0.2, 0.25) is 0 Å². The van der Waals surface area contributed by atoms with E-state index in [9.17, 15) is 9.50 Å². The number of hydrogen-bond acceptors (Lipinski definition) is 2. The quantitative estimate of drug-likeness (QED) is 0.772. The van der Waals surface area contributed by atoms with Crippen molar-refractivity contribution in [2.45, 2.75) is 19.4 Å².